The summed E-state index contributed by atoms with van der Waals surface area (Å²) in [5, 5.41) is 11.5. The fourth-order valence-electron chi connectivity index (χ4n) is 5.25. The lowest BCUT2D eigenvalue weighted by atomic mass is 9.86. The van der Waals surface area contributed by atoms with E-state index in [1.54, 1.807) is 30.5 Å². The fourth-order valence-corrected chi connectivity index (χ4v) is 7.17. The first-order valence-corrected chi connectivity index (χ1v) is 14.6. The summed E-state index contributed by atoms with van der Waals surface area (Å²) in [4.78, 5) is 41.0. The van der Waals surface area contributed by atoms with Crippen LogP contribution in [0.4, 0.5) is 5.82 Å². The Kier molecular flexibility index (Phi) is 8.57. The Labute approximate surface area is 229 Å². The third-order valence-electron chi connectivity index (χ3n) is 7.66. The second-order valence-corrected chi connectivity index (χ2v) is 12.9. The van der Waals surface area contributed by atoms with Crippen LogP contribution in [0.5, 0.6) is 0 Å². The Hall–Kier alpha value is -2.78. The number of aliphatic carboxylic acids is 1. The molecular formula is C28H33ClN2O6S. The quantitative estimate of drug-likeness (QED) is 0.403. The van der Waals surface area contributed by atoms with Gasteiger partial charge in [0.1, 0.15) is 11.6 Å². The third-order valence-corrected chi connectivity index (χ3v) is 9.99. The van der Waals surface area contributed by atoms with Crippen molar-refractivity contribution in [3.05, 3.63) is 53.2 Å². The number of carboxylic acids is 1. The topological polar surface area (TPSA) is 130 Å². The molecule has 1 amide bonds. The molecule has 0 radical (unpaired) electrons. The van der Waals surface area contributed by atoms with Crippen molar-refractivity contribution in [2.24, 2.45) is 5.92 Å². The molecule has 0 saturated heterocycles. The van der Waals surface area contributed by atoms with Crippen LogP contribution in [0.15, 0.2) is 41.4 Å². The number of sulfone groups is 1. The number of carbonyl (C=O) groups excluding carboxylic acids is 2. The zero-order valence-electron chi connectivity index (χ0n) is 21.1. The average Bonchev–Trinajstić information content (AvgIpc) is 3.79. The molecule has 3 aliphatic carbocycles. The van der Waals surface area contributed by atoms with Crippen molar-refractivity contribution in [3.63, 3.8) is 0 Å². The second-order valence-electron chi connectivity index (χ2n) is 10.7. The molecule has 10 heteroatoms. The number of nitrogens with zero attached hydrogens (tertiary/aromatic N) is 1. The van der Waals surface area contributed by atoms with Crippen LogP contribution < -0.4 is 5.32 Å². The van der Waals surface area contributed by atoms with Crippen molar-refractivity contribution >= 4 is 45.7 Å². The van der Waals surface area contributed by atoms with Crippen LogP contribution >= 0.6 is 12.4 Å². The fraction of sp³-hybridized carbons (Fsp3) is 0.500. The largest absolute Gasteiger partial charge is 0.481 e. The van der Waals surface area contributed by atoms with Gasteiger partial charge in [-0.25, -0.2) is 13.4 Å². The smallest absolute Gasteiger partial charge is 0.303 e. The lowest BCUT2D eigenvalue weighted by molar-refractivity contribution is -0.137. The monoisotopic (exact) mass is 560 g/mol. The van der Waals surface area contributed by atoms with Crippen LogP contribution in [-0.4, -0.2) is 41.4 Å². The van der Waals surface area contributed by atoms with E-state index in [4.69, 9.17) is 5.11 Å². The predicted molar refractivity (Wildman–Crippen MR) is 144 cm³/mol. The first kappa shape index (κ1) is 28.2. The minimum absolute atomic E-state index is 0. The van der Waals surface area contributed by atoms with Gasteiger partial charge in [0, 0.05) is 25.5 Å². The summed E-state index contributed by atoms with van der Waals surface area (Å²) < 4.78 is 26.1. The van der Waals surface area contributed by atoms with Gasteiger partial charge in [0.2, 0.25) is 5.91 Å². The highest BCUT2D eigenvalue weighted by Gasteiger charge is 2.41. The summed E-state index contributed by atoms with van der Waals surface area (Å²) in [6, 6.07) is 8.78. The van der Waals surface area contributed by atoms with Gasteiger partial charge in [-0.2, -0.15) is 0 Å². The average molecular weight is 561 g/mol. The summed E-state index contributed by atoms with van der Waals surface area (Å²) in [6.45, 7) is 0. The van der Waals surface area contributed by atoms with E-state index in [9.17, 15) is 22.8 Å². The number of aryl methyl sites for hydroxylation is 1. The first-order valence-electron chi connectivity index (χ1n) is 13.1. The van der Waals surface area contributed by atoms with Crippen molar-refractivity contribution in [2.45, 2.75) is 86.2 Å². The summed E-state index contributed by atoms with van der Waals surface area (Å²) in [5.74, 6) is -0.773. The maximum absolute atomic E-state index is 13.5. The predicted octanol–water partition coefficient (Wildman–Crippen LogP) is 4.82. The van der Waals surface area contributed by atoms with Crippen molar-refractivity contribution in [2.75, 3.05) is 5.32 Å². The summed E-state index contributed by atoms with van der Waals surface area (Å²) in [7, 11) is -3.35. The maximum Gasteiger partial charge on any atom is 0.303 e. The van der Waals surface area contributed by atoms with Gasteiger partial charge in [-0.15, -0.1) is 12.4 Å². The normalized spacial score (nSPS) is 20.0. The van der Waals surface area contributed by atoms with Crippen molar-refractivity contribution in [3.8, 4) is 0 Å². The number of ketones is 1. The van der Waals surface area contributed by atoms with Crippen molar-refractivity contribution in [1.29, 1.82) is 0 Å². The van der Waals surface area contributed by atoms with Crippen LogP contribution in [-0.2, 0) is 30.6 Å². The highest BCUT2D eigenvalue weighted by atomic mass is 35.5. The number of nitrogens with one attached hydrogen (secondary N) is 1. The molecule has 3 aliphatic rings. The van der Waals surface area contributed by atoms with Gasteiger partial charge in [0.25, 0.3) is 0 Å². The number of amides is 1. The molecule has 8 nitrogen and oxygen atoms in total. The van der Waals surface area contributed by atoms with E-state index >= 15 is 0 Å². The van der Waals surface area contributed by atoms with Gasteiger partial charge in [0.15, 0.2) is 9.84 Å². The van der Waals surface area contributed by atoms with Crippen LogP contribution in [0.1, 0.15) is 86.3 Å². The summed E-state index contributed by atoms with van der Waals surface area (Å²) in [5.41, 5.74) is 2.36. The molecule has 0 aliphatic heterocycles. The molecule has 2 atom stereocenters. The zero-order valence-corrected chi connectivity index (χ0v) is 22.7. The lowest BCUT2D eigenvalue weighted by Gasteiger charge is -2.22. The number of hydrogen-bond donors (Lipinski definition) is 2. The molecule has 2 N–H and O–H groups in total. The first-order chi connectivity index (χ1) is 17.7. The van der Waals surface area contributed by atoms with Gasteiger partial charge in [-0.1, -0.05) is 18.2 Å². The van der Waals surface area contributed by atoms with Crippen molar-refractivity contribution in [1.82, 2.24) is 4.98 Å². The Balaban J connectivity index is 0.00000336. The Morgan fingerprint density at radius 2 is 1.84 bits per heavy atom. The van der Waals surface area contributed by atoms with E-state index in [2.05, 4.69) is 10.3 Å². The molecule has 5 rings (SSSR count). The zero-order chi connectivity index (χ0) is 26.2. The summed E-state index contributed by atoms with van der Waals surface area (Å²) in [6.07, 6.45) is 7.48. The van der Waals surface area contributed by atoms with Crippen LogP contribution in [0, 0.1) is 5.92 Å². The van der Waals surface area contributed by atoms with E-state index < -0.39 is 21.7 Å². The van der Waals surface area contributed by atoms with Gasteiger partial charge >= 0.3 is 5.97 Å². The van der Waals surface area contributed by atoms with Crippen LogP contribution in [0.25, 0.3) is 0 Å². The second kappa shape index (κ2) is 11.5. The molecule has 1 aromatic heterocycles. The molecular weight excluding hydrogens is 528 g/mol. The number of rotatable bonds is 11. The van der Waals surface area contributed by atoms with Crippen molar-refractivity contribution < 1.29 is 27.9 Å². The molecule has 3 saturated carbocycles. The molecule has 1 heterocycles. The van der Waals surface area contributed by atoms with E-state index in [0.717, 1.165) is 36.0 Å². The summed E-state index contributed by atoms with van der Waals surface area (Å²) >= 11 is 0. The van der Waals surface area contributed by atoms with Crippen LogP contribution in [0.2, 0.25) is 0 Å². The number of aromatic nitrogens is 1. The van der Waals surface area contributed by atoms with Gasteiger partial charge in [-0.3, -0.25) is 14.4 Å². The molecule has 0 spiro atoms. The van der Waals surface area contributed by atoms with E-state index in [-0.39, 0.29) is 47.6 Å². The number of pyridine rings is 1. The number of Topliss-reactive ketones (excluding diaryl/α,β-unsaturated/α-hetero) is 1. The Morgan fingerprint density at radius 1 is 1.08 bits per heavy atom. The molecule has 0 unspecified atom stereocenters. The molecule has 2 aromatic rings. The highest BCUT2D eigenvalue weighted by Crippen LogP contribution is 2.47. The lowest BCUT2D eigenvalue weighted by Crippen LogP contribution is -2.24. The Bertz CT molecular complexity index is 1320. The molecule has 38 heavy (non-hydrogen) atoms. The number of halogens is 1. The molecule has 1 aromatic carbocycles. The molecule has 204 valence electrons. The van der Waals surface area contributed by atoms with E-state index in [0.29, 0.717) is 49.2 Å². The SMILES string of the molecule is Cl.O=C(O)CCc1ccc(NC(=O)[C@H](C[C@H]2CCC(=O)C2)c2ccc(S(=O)(=O)C3CC3)c(C3CC3)c2)nc1. The Morgan fingerprint density at radius 3 is 2.42 bits per heavy atom. The number of carboxylic acid groups (broad SMARTS) is 1. The maximum atomic E-state index is 13.5. The van der Waals surface area contributed by atoms with E-state index in [1.165, 1.54) is 0 Å². The minimum atomic E-state index is -3.35. The number of benzene rings is 1. The minimum Gasteiger partial charge on any atom is -0.481 e. The number of carbonyl (C=O) groups is 3. The van der Waals surface area contributed by atoms with Gasteiger partial charge in [0.05, 0.1) is 16.1 Å². The van der Waals surface area contributed by atoms with E-state index in [1.807, 2.05) is 6.07 Å². The molecule has 0 bridgehead atoms. The van der Waals surface area contributed by atoms with Crippen LogP contribution in [0.3, 0.4) is 0 Å². The molecule has 3 fully saturated rings. The third kappa shape index (κ3) is 6.61. The number of anilines is 1. The number of hydrogen-bond acceptors (Lipinski definition) is 6. The van der Waals surface area contributed by atoms with Gasteiger partial charge < -0.3 is 10.4 Å². The standard InChI is InChI=1S/C28H32N2O6S.ClH/c31-21-7-1-18(13-21)14-24(28(34)30-26-11-2-17(16-29-26)3-12-27(32)33)20-6-10-25(23(15-20)19-4-5-19)37(35,36)22-8-9-22;/h2,6,10-11,15-16,18-19,22,24H,1,3-5,7-9,12-14H2,(H,32,33)(H,29,30,34);1H/t18-,24+;/m0./s1. The highest BCUT2D eigenvalue weighted by molar-refractivity contribution is 7.92. The van der Waals surface area contributed by atoms with Gasteiger partial charge in [-0.05, 0) is 85.6 Å².